The van der Waals surface area contributed by atoms with E-state index in [4.69, 9.17) is 9.47 Å². The number of amides is 1. The summed E-state index contributed by atoms with van der Waals surface area (Å²) in [5, 5.41) is 0. The number of likely N-dealkylation sites (tertiary alicyclic amines) is 1. The zero-order valence-corrected chi connectivity index (χ0v) is 18.4. The molecule has 0 spiro atoms. The van der Waals surface area contributed by atoms with E-state index < -0.39 is 0 Å². The van der Waals surface area contributed by atoms with Gasteiger partial charge in [0.15, 0.2) is 11.5 Å². The van der Waals surface area contributed by atoms with Crippen LogP contribution in [0.15, 0.2) is 48.7 Å². The predicted octanol–water partition coefficient (Wildman–Crippen LogP) is 4.92. The molecule has 0 radical (unpaired) electrons. The molecule has 1 aliphatic rings. The fraction of sp³-hybridized carbons (Fsp3) is 0.360. The average Bonchev–Trinajstić information content (AvgIpc) is 3.32. The standard InChI is InChI=1S/C25H28FN3O3/c1-31-22-11-6-7-17(24(22)32-2)12-13-23(30)29-14-4-3-10-21(29)25-27-16-20(28-25)18-8-5-9-19(26)15-18/h5-9,11,15-16,21H,3-4,10,12-14H2,1-2H3,(H,27,28). The van der Waals surface area contributed by atoms with Crippen molar-refractivity contribution in [1.82, 2.24) is 14.9 Å². The van der Waals surface area contributed by atoms with E-state index in [1.807, 2.05) is 29.2 Å². The highest BCUT2D eigenvalue weighted by molar-refractivity contribution is 5.77. The van der Waals surface area contributed by atoms with Gasteiger partial charge >= 0.3 is 0 Å². The number of carbonyl (C=O) groups is 1. The highest BCUT2D eigenvalue weighted by atomic mass is 19.1. The molecule has 1 atom stereocenters. The highest BCUT2D eigenvalue weighted by Crippen LogP contribution is 2.34. The maximum Gasteiger partial charge on any atom is 0.223 e. The summed E-state index contributed by atoms with van der Waals surface area (Å²) in [7, 11) is 3.21. The van der Waals surface area contributed by atoms with Gasteiger partial charge in [-0.2, -0.15) is 0 Å². The molecule has 2 aromatic carbocycles. The molecular formula is C25H28FN3O3. The van der Waals surface area contributed by atoms with Crippen molar-refractivity contribution >= 4 is 5.91 Å². The minimum atomic E-state index is -0.291. The molecule has 3 aromatic rings. The Labute approximate surface area is 187 Å². The van der Waals surface area contributed by atoms with Gasteiger partial charge in [-0.3, -0.25) is 4.79 Å². The normalized spacial score (nSPS) is 16.1. The Balaban J connectivity index is 1.49. The number of para-hydroxylation sites is 1. The van der Waals surface area contributed by atoms with Crippen LogP contribution in [0.25, 0.3) is 11.3 Å². The third kappa shape index (κ3) is 4.61. The number of H-pyrrole nitrogens is 1. The first-order chi connectivity index (χ1) is 15.6. The molecule has 0 bridgehead atoms. The first-order valence-corrected chi connectivity index (χ1v) is 10.9. The Morgan fingerprint density at radius 1 is 1.19 bits per heavy atom. The van der Waals surface area contributed by atoms with Gasteiger partial charge in [0, 0.05) is 18.5 Å². The number of hydrogen-bond acceptors (Lipinski definition) is 4. The molecule has 1 amide bonds. The van der Waals surface area contributed by atoms with Crippen molar-refractivity contribution in [2.24, 2.45) is 0 Å². The summed E-state index contributed by atoms with van der Waals surface area (Å²) in [6, 6.07) is 12.0. The van der Waals surface area contributed by atoms with Gasteiger partial charge in [0.1, 0.15) is 11.6 Å². The summed E-state index contributed by atoms with van der Waals surface area (Å²) >= 11 is 0. The maximum absolute atomic E-state index is 13.6. The van der Waals surface area contributed by atoms with Gasteiger partial charge in [0.2, 0.25) is 5.91 Å². The number of carbonyl (C=O) groups excluding carboxylic acids is 1. The lowest BCUT2D eigenvalue weighted by molar-refractivity contribution is -0.135. The molecule has 4 rings (SSSR count). The van der Waals surface area contributed by atoms with E-state index in [0.717, 1.165) is 41.9 Å². The van der Waals surface area contributed by atoms with Crippen LogP contribution < -0.4 is 9.47 Å². The van der Waals surface area contributed by atoms with Crippen LogP contribution in [0.2, 0.25) is 0 Å². The maximum atomic E-state index is 13.6. The summed E-state index contributed by atoms with van der Waals surface area (Å²) in [5.41, 5.74) is 2.43. The molecule has 0 saturated carbocycles. The van der Waals surface area contributed by atoms with Crippen LogP contribution in [0.4, 0.5) is 4.39 Å². The molecule has 1 N–H and O–H groups in total. The number of rotatable bonds is 7. The van der Waals surface area contributed by atoms with Crippen LogP contribution in [-0.4, -0.2) is 41.5 Å². The molecule has 1 unspecified atom stereocenters. The number of piperidine rings is 1. The van der Waals surface area contributed by atoms with E-state index in [9.17, 15) is 9.18 Å². The number of imidazole rings is 1. The molecule has 6 nitrogen and oxygen atoms in total. The second kappa shape index (κ2) is 9.85. The molecule has 1 aliphatic heterocycles. The van der Waals surface area contributed by atoms with Crippen LogP contribution in [0, 0.1) is 5.82 Å². The lowest BCUT2D eigenvalue weighted by Crippen LogP contribution is -2.39. The Bertz CT molecular complexity index is 1080. The second-order valence-corrected chi connectivity index (χ2v) is 7.94. The predicted molar refractivity (Wildman–Crippen MR) is 120 cm³/mol. The van der Waals surface area contributed by atoms with Crippen LogP contribution in [0.3, 0.4) is 0 Å². The second-order valence-electron chi connectivity index (χ2n) is 7.94. The van der Waals surface area contributed by atoms with E-state index in [-0.39, 0.29) is 17.8 Å². The Hall–Kier alpha value is -3.35. The molecular weight excluding hydrogens is 409 g/mol. The highest BCUT2D eigenvalue weighted by Gasteiger charge is 2.30. The number of aromatic nitrogens is 2. The fourth-order valence-electron chi connectivity index (χ4n) is 4.36. The third-order valence-electron chi connectivity index (χ3n) is 5.96. The van der Waals surface area contributed by atoms with Gasteiger partial charge in [0.25, 0.3) is 0 Å². The van der Waals surface area contributed by atoms with Gasteiger partial charge in [-0.15, -0.1) is 0 Å². The quantitative estimate of drug-likeness (QED) is 0.570. The number of methoxy groups -OCH3 is 2. The molecule has 1 aromatic heterocycles. The first-order valence-electron chi connectivity index (χ1n) is 10.9. The lowest BCUT2D eigenvalue weighted by atomic mass is 10.00. The molecule has 0 aliphatic carbocycles. The number of ether oxygens (including phenoxy) is 2. The van der Waals surface area contributed by atoms with Crippen molar-refractivity contribution in [2.75, 3.05) is 20.8 Å². The van der Waals surface area contributed by atoms with Crippen molar-refractivity contribution in [1.29, 1.82) is 0 Å². The topological polar surface area (TPSA) is 67.5 Å². The number of nitrogens with one attached hydrogen (secondary N) is 1. The van der Waals surface area contributed by atoms with E-state index >= 15 is 0 Å². The van der Waals surface area contributed by atoms with Crippen LogP contribution >= 0.6 is 0 Å². The summed E-state index contributed by atoms with van der Waals surface area (Å²) in [6.07, 6.45) is 5.51. The lowest BCUT2D eigenvalue weighted by Gasteiger charge is -2.34. The van der Waals surface area contributed by atoms with Crippen molar-refractivity contribution in [3.05, 3.63) is 65.9 Å². The SMILES string of the molecule is COc1cccc(CCC(=O)N2CCCCC2c2ncc(-c3cccc(F)c3)[nH]2)c1OC. The van der Waals surface area contributed by atoms with E-state index in [0.29, 0.717) is 30.9 Å². The Morgan fingerprint density at radius 3 is 2.81 bits per heavy atom. The van der Waals surface area contributed by atoms with Crippen LogP contribution in [0.1, 0.15) is 43.1 Å². The van der Waals surface area contributed by atoms with E-state index in [1.54, 1.807) is 26.5 Å². The number of hydrogen-bond donors (Lipinski definition) is 1. The van der Waals surface area contributed by atoms with E-state index in [1.165, 1.54) is 12.1 Å². The number of halogens is 1. The zero-order valence-electron chi connectivity index (χ0n) is 18.4. The monoisotopic (exact) mass is 437 g/mol. The van der Waals surface area contributed by atoms with Gasteiger partial charge < -0.3 is 19.4 Å². The van der Waals surface area contributed by atoms with Gasteiger partial charge in [0.05, 0.1) is 32.2 Å². The summed E-state index contributed by atoms with van der Waals surface area (Å²) in [5.74, 6) is 1.87. The molecule has 32 heavy (non-hydrogen) atoms. The fourth-order valence-corrected chi connectivity index (χ4v) is 4.36. The summed E-state index contributed by atoms with van der Waals surface area (Å²) in [6.45, 7) is 0.703. The molecule has 168 valence electrons. The third-order valence-corrected chi connectivity index (χ3v) is 5.96. The Morgan fingerprint density at radius 2 is 2.03 bits per heavy atom. The largest absolute Gasteiger partial charge is 0.493 e. The first kappa shape index (κ1) is 21.9. The van der Waals surface area contributed by atoms with Crippen molar-refractivity contribution in [2.45, 2.75) is 38.1 Å². The minimum absolute atomic E-state index is 0.0864. The average molecular weight is 438 g/mol. The summed E-state index contributed by atoms with van der Waals surface area (Å²) < 4.78 is 24.5. The Kier molecular flexibility index (Phi) is 6.73. The molecule has 7 heteroatoms. The zero-order chi connectivity index (χ0) is 22.5. The molecule has 1 saturated heterocycles. The number of nitrogens with zero attached hydrogens (tertiary/aromatic N) is 2. The van der Waals surface area contributed by atoms with E-state index in [2.05, 4.69) is 9.97 Å². The van der Waals surface area contributed by atoms with Crippen molar-refractivity contribution in [3.63, 3.8) is 0 Å². The van der Waals surface area contributed by atoms with Crippen LogP contribution in [0.5, 0.6) is 11.5 Å². The van der Waals surface area contributed by atoms with Gasteiger partial charge in [-0.25, -0.2) is 9.37 Å². The van der Waals surface area contributed by atoms with Gasteiger partial charge in [-0.05, 0) is 49.4 Å². The van der Waals surface area contributed by atoms with Gasteiger partial charge in [-0.1, -0.05) is 24.3 Å². The summed E-state index contributed by atoms with van der Waals surface area (Å²) in [4.78, 5) is 23.0. The number of aromatic amines is 1. The number of aryl methyl sites for hydroxylation is 1. The van der Waals surface area contributed by atoms with Crippen molar-refractivity contribution in [3.8, 4) is 22.8 Å². The molecule has 2 heterocycles. The smallest absolute Gasteiger partial charge is 0.223 e. The van der Waals surface area contributed by atoms with Crippen LogP contribution in [-0.2, 0) is 11.2 Å². The van der Waals surface area contributed by atoms with Crippen molar-refractivity contribution < 1.29 is 18.7 Å². The minimum Gasteiger partial charge on any atom is -0.493 e. The molecule has 1 fully saturated rings. The number of benzene rings is 2.